The van der Waals surface area contributed by atoms with Crippen molar-refractivity contribution in [2.75, 3.05) is 31.1 Å². The topological polar surface area (TPSA) is 83.7 Å². The fourth-order valence-corrected chi connectivity index (χ4v) is 6.22. The number of piperazine rings is 1. The van der Waals surface area contributed by atoms with Gasteiger partial charge in [0.2, 0.25) is 5.91 Å². The summed E-state index contributed by atoms with van der Waals surface area (Å²) in [6, 6.07) is 7.10. The second-order valence-electron chi connectivity index (χ2n) is 7.14. The molecule has 2 saturated heterocycles. The van der Waals surface area contributed by atoms with Crippen LogP contribution in [0.4, 0.5) is 0 Å². The Morgan fingerprint density at radius 2 is 2.00 bits per heavy atom. The average molecular weight is 377 g/mol. The van der Waals surface area contributed by atoms with Gasteiger partial charge < -0.3 is 9.42 Å². The van der Waals surface area contributed by atoms with Crippen LogP contribution in [0.1, 0.15) is 19.0 Å². The highest BCUT2D eigenvalue weighted by Gasteiger charge is 2.47. The molecule has 7 nitrogen and oxygen atoms in total. The summed E-state index contributed by atoms with van der Waals surface area (Å²) >= 11 is 0. The van der Waals surface area contributed by atoms with Crippen molar-refractivity contribution in [3.63, 3.8) is 0 Å². The minimum Gasteiger partial charge on any atom is -0.356 e. The molecule has 0 bridgehead atoms. The van der Waals surface area contributed by atoms with Crippen LogP contribution in [-0.2, 0) is 21.1 Å². The van der Waals surface area contributed by atoms with Gasteiger partial charge in [0, 0.05) is 24.5 Å². The standard InChI is InChI=1S/C18H23N3O4S/c1-2-7-20-8-9-21(16-12-26(23,24)11-15(16)20)18(22)10-14-13-5-3-4-6-17(13)25-19-14/h3-6,15-16H,2,7-12H2,1H3/t15-,16+/m0/s1. The third kappa shape index (κ3) is 3.12. The van der Waals surface area contributed by atoms with E-state index >= 15 is 0 Å². The fraction of sp³-hybridized carbons (Fsp3) is 0.556. The zero-order chi connectivity index (χ0) is 18.3. The second kappa shape index (κ2) is 6.66. The quantitative estimate of drug-likeness (QED) is 0.793. The van der Waals surface area contributed by atoms with E-state index in [1.54, 1.807) is 4.90 Å². The first kappa shape index (κ1) is 17.5. The molecule has 2 aromatic rings. The van der Waals surface area contributed by atoms with Crippen LogP contribution in [0.3, 0.4) is 0 Å². The van der Waals surface area contributed by atoms with Crippen LogP contribution in [-0.4, -0.2) is 72.5 Å². The van der Waals surface area contributed by atoms with Crippen LogP contribution in [0.15, 0.2) is 28.8 Å². The van der Waals surface area contributed by atoms with Crippen molar-refractivity contribution in [1.82, 2.24) is 15.0 Å². The normalized spacial score (nSPS) is 25.5. The van der Waals surface area contributed by atoms with E-state index in [0.29, 0.717) is 17.8 Å². The number of rotatable bonds is 4. The summed E-state index contributed by atoms with van der Waals surface area (Å²) in [5.41, 5.74) is 1.27. The molecule has 4 rings (SSSR count). The number of hydrogen-bond donors (Lipinski definition) is 0. The molecule has 2 atom stereocenters. The lowest BCUT2D eigenvalue weighted by Crippen LogP contribution is -2.60. The zero-order valence-electron chi connectivity index (χ0n) is 14.8. The Bertz CT molecular complexity index is 923. The Morgan fingerprint density at radius 1 is 1.23 bits per heavy atom. The zero-order valence-corrected chi connectivity index (χ0v) is 15.6. The molecule has 0 N–H and O–H groups in total. The number of para-hydroxylation sites is 1. The lowest BCUT2D eigenvalue weighted by atomic mass is 10.0. The first-order valence-electron chi connectivity index (χ1n) is 9.06. The van der Waals surface area contributed by atoms with Gasteiger partial charge >= 0.3 is 0 Å². The van der Waals surface area contributed by atoms with Gasteiger partial charge in [-0.1, -0.05) is 24.2 Å². The monoisotopic (exact) mass is 377 g/mol. The number of carbonyl (C=O) groups excluding carboxylic acids is 1. The predicted octanol–water partition coefficient (Wildman–Crippen LogP) is 1.09. The first-order chi connectivity index (χ1) is 12.5. The van der Waals surface area contributed by atoms with Gasteiger partial charge in [-0.15, -0.1) is 0 Å². The van der Waals surface area contributed by atoms with E-state index in [0.717, 1.165) is 24.9 Å². The van der Waals surface area contributed by atoms with Crippen LogP contribution in [0, 0.1) is 0 Å². The number of sulfone groups is 1. The molecule has 0 radical (unpaired) electrons. The van der Waals surface area contributed by atoms with Gasteiger partial charge in [-0.2, -0.15) is 0 Å². The summed E-state index contributed by atoms with van der Waals surface area (Å²) in [6.45, 7) is 4.24. The molecule has 26 heavy (non-hydrogen) atoms. The molecule has 140 valence electrons. The smallest absolute Gasteiger partial charge is 0.229 e. The van der Waals surface area contributed by atoms with E-state index < -0.39 is 9.84 Å². The van der Waals surface area contributed by atoms with Gasteiger partial charge in [0.05, 0.1) is 24.0 Å². The number of carbonyl (C=O) groups is 1. The van der Waals surface area contributed by atoms with Crippen molar-refractivity contribution in [2.24, 2.45) is 0 Å². The highest BCUT2D eigenvalue weighted by atomic mass is 32.2. The summed E-state index contributed by atoms with van der Waals surface area (Å²) in [5, 5.41) is 4.87. The molecule has 0 unspecified atom stereocenters. The Kier molecular flexibility index (Phi) is 4.48. The average Bonchev–Trinajstić information content (AvgIpc) is 3.15. The van der Waals surface area contributed by atoms with Gasteiger partial charge in [-0.05, 0) is 25.1 Å². The fourth-order valence-electron chi connectivity index (χ4n) is 4.21. The Morgan fingerprint density at radius 3 is 2.81 bits per heavy atom. The highest BCUT2D eigenvalue weighted by molar-refractivity contribution is 7.91. The molecule has 1 aromatic carbocycles. The second-order valence-corrected chi connectivity index (χ2v) is 9.29. The maximum atomic E-state index is 13.0. The molecule has 1 aromatic heterocycles. The van der Waals surface area contributed by atoms with Crippen molar-refractivity contribution >= 4 is 26.7 Å². The predicted molar refractivity (Wildman–Crippen MR) is 97.5 cm³/mol. The summed E-state index contributed by atoms with van der Waals surface area (Å²) in [6.07, 6.45) is 1.11. The summed E-state index contributed by atoms with van der Waals surface area (Å²) in [4.78, 5) is 16.9. The van der Waals surface area contributed by atoms with Crippen LogP contribution in [0.2, 0.25) is 0 Å². The maximum Gasteiger partial charge on any atom is 0.229 e. The SMILES string of the molecule is CCCN1CCN(C(=O)Cc2noc3ccccc23)[C@@H]2CS(=O)(=O)C[C@@H]21. The lowest BCUT2D eigenvalue weighted by Gasteiger charge is -2.43. The lowest BCUT2D eigenvalue weighted by molar-refractivity contribution is -0.136. The molecule has 0 aliphatic carbocycles. The van der Waals surface area contributed by atoms with Crippen LogP contribution in [0.5, 0.6) is 0 Å². The molecular formula is C18H23N3O4S. The van der Waals surface area contributed by atoms with E-state index in [1.807, 2.05) is 24.3 Å². The van der Waals surface area contributed by atoms with E-state index in [9.17, 15) is 13.2 Å². The first-order valence-corrected chi connectivity index (χ1v) is 10.9. The number of aromatic nitrogens is 1. The van der Waals surface area contributed by atoms with Gasteiger partial charge in [-0.25, -0.2) is 8.42 Å². The number of nitrogens with zero attached hydrogens (tertiary/aromatic N) is 3. The van der Waals surface area contributed by atoms with E-state index in [2.05, 4.69) is 17.0 Å². The highest BCUT2D eigenvalue weighted by Crippen LogP contribution is 2.28. The van der Waals surface area contributed by atoms with E-state index in [-0.39, 0.29) is 35.9 Å². The number of benzene rings is 1. The number of fused-ring (bicyclic) bond motifs is 2. The minimum atomic E-state index is -3.11. The summed E-state index contributed by atoms with van der Waals surface area (Å²) < 4.78 is 29.7. The summed E-state index contributed by atoms with van der Waals surface area (Å²) in [5.74, 6) is 0.129. The molecular weight excluding hydrogens is 354 g/mol. The van der Waals surface area contributed by atoms with Crippen LogP contribution in [0.25, 0.3) is 11.0 Å². The van der Waals surface area contributed by atoms with Crippen LogP contribution < -0.4 is 0 Å². The molecule has 2 fully saturated rings. The van der Waals surface area contributed by atoms with Crippen molar-refractivity contribution in [1.29, 1.82) is 0 Å². The van der Waals surface area contributed by atoms with Crippen molar-refractivity contribution in [3.8, 4) is 0 Å². The molecule has 3 heterocycles. The largest absolute Gasteiger partial charge is 0.356 e. The van der Waals surface area contributed by atoms with Crippen LogP contribution >= 0.6 is 0 Å². The Balaban J connectivity index is 1.56. The molecule has 8 heteroatoms. The third-order valence-electron chi connectivity index (χ3n) is 5.39. The molecule has 2 aliphatic heterocycles. The molecule has 1 amide bonds. The van der Waals surface area contributed by atoms with Crippen molar-refractivity contribution in [2.45, 2.75) is 31.8 Å². The van der Waals surface area contributed by atoms with Crippen molar-refractivity contribution < 1.29 is 17.7 Å². The molecule has 0 spiro atoms. The van der Waals surface area contributed by atoms with Gasteiger partial charge in [-0.3, -0.25) is 9.69 Å². The molecule has 0 saturated carbocycles. The van der Waals surface area contributed by atoms with Crippen molar-refractivity contribution in [3.05, 3.63) is 30.0 Å². The Hall–Kier alpha value is -1.93. The minimum absolute atomic E-state index is 0.0587. The van der Waals surface area contributed by atoms with Gasteiger partial charge in [0.1, 0.15) is 5.69 Å². The number of amides is 1. The summed E-state index contributed by atoms with van der Waals surface area (Å²) in [7, 11) is -3.11. The van der Waals surface area contributed by atoms with Gasteiger partial charge in [0.15, 0.2) is 15.4 Å². The van der Waals surface area contributed by atoms with Gasteiger partial charge in [0.25, 0.3) is 0 Å². The number of hydrogen-bond acceptors (Lipinski definition) is 6. The van der Waals surface area contributed by atoms with E-state index in [4.69, 9.17) is 4.52 Å². The maximum absolute atomic E-state index is 13.0. The van der Waals surface area contributed by atoms with E-state index in [1.165, 1.54) is 0 Å². The molecule has 2 aliphatic rings. The third-order valence-corrected chi connectivity index (χ3v) is 7.09. The Labute approximate surface area is 152 Å².